The number of nitrogen functional groups attached to an aromatic ring is 1. The predicted octanol–water partition coefficient (Wildman–Crippen LogP) is 2.53. The normalized spacial score (nSPS) is 15.8. The number of nitrogens with zero attached hydrogens (tertiary/aromatic N) is 2. The molecule has 0 radical (unpaired) electrons. The first-order valence-electron chi connectivity index (χ1n) is 7.11. The molecule has 0 atom stereocenters. The summed E-state index contributed by atoms with van der Waals surface area (Å²) in [7, 11) is -3.32. The number of hydrogen-bond donors (Lipinski definition) is 1. The van der Waals surface area contributed by atoms with E-state index in [4.69, 9.17) is 5.73 Å². The highest BCUT2D eigenvalue weighted by Gasteiger charge is 2.35. The van der Waals surface area contributed by atoms with Crippen LogP contribution in [0.2, 0.25) is 0 Å². The van der Waals surface area contributed by atoms with Crippen molar-refractivity contribution >= 4 is 32.2 Å². The van der Waals surface area contributed by atoms with Gasteiger partial charge in [0, 0.05) is 12.6 Å². The molecular formula is C13H23N3O2S2. The second-order valence-electron chi connectivity index (χ2n) is 5.71. The van der Waals surface area contributed by atoms with Gasteiger partial charge in [-0.05, 0) is 36.7 Å². The molecule has 0 aliphatic heterocycles. The third-order valence-electron chi connectivity index (χ3n) is 3.54. The van der Waals surface area contributed by atoms with Crippen molar-refractivity contribution < 1.29 is 8.42 Å². The van der Waals surface area contributed by atoms with E-state index in [-0.39, 0.29) is 16.5 Å². The van der Waals surface area contributed by atoms with Crippen molar-refractivity contribution in [2.24, 2.45) is 5.92 Å². The van der Waals surface area contributed by atoms with E-state index in [0.29, 0.717) is 12.0 Å². The molecule has 1 aromatic heterocycles. The van der Waals surface area contributed by atoms with Crippen LogP contribution in [0.4, 0.5) is 10.8 Å². The Bertz CT molecular complexity index is 562. The minimum absolute atomic E-state index is 0.0608. The van der Waals surface area contributed by atoms with Crippen molar-refractivity contribution in [1.29, 1.82) is 0 Å². The lowest BCUT2D eigenvalue weighted by Gasteiger charge is -2.24. The molecule has 0 aromatic carbocycles. The van der Waals surface area contributed by atoms with E-state index < -0.39 is 9.84 Å². The van der Waals surface area contributed by atoms with Gasteiger partial charge in [0.25, 0.3) is 0 Å². The molecule has 0 saturated heterocycles. The topological polar surface area (TPSA) is 76.3 Å². The lowest BCUT2D eigenvalue weighted by molar-refractivity contribution is 0.569. The molecule has 114 valence electrons. The van der Waals surface area contributed by atoms with Gasteiger partial charge in [0.2, 0.25) is 0 Å². The number of aromatic nitrogens is 1. The van der Waals surface area contributed by atoms with Crippen LogP contribution in [-0.4, -0.2) is 31.1 Å². The van der Waals surface area contributed by atoms with Crippen LogP contribution < -0.4 is 10.6 Å². The van der Waals surface area contributed by atoms with E-state index in [0.717, 1.165) is 30.8 Å². The molecule has 1 heterocycles. The van der Waals surface area contributed by atoms with Crippen molar-refractivity contribution in [1.82, 2.24) is 4.37 Å². The van der Waals surface area contributed by atoms with Crippen LogP contribution in [0.5, 0.6) is 0 Å². The average molecular weight is 317 g/mol. The van der Waals surface area contributed by atoms with Crippen LogP contribution in [0.15, 0.2) is 4.90 Å². The van der Waals surface area contributed by atoms with Gasteiger partial charge in [0.05, 0.1) is 5.75 Å². The van der Waals surface area contributed by atoms with Crippen LogP contribution in [0, 0.1) is 5.92 Å². The Balaban J connectivity index is 2.34. The number of rotatable bonds is 7. The fourth-order valence-corrected chi connectivity index (χ4v) is 4.53. The molecule has 7 heteroatoms. The van der Waals surface area contributed by atoms with Crippen molar-refractivity contribution in [2.75, 3.05) is 22.9 Å². The number of nitrogens with two attached hydrogens (primary N) is 1. The zero-order valence-electron chi connectivity index (χ0n) is 12.3. The van der Waals surface area contributed by atoms with Crippen molar-refractivity contribution in [3.63, 3.8) is 0 Å². The Morgan fingerprint density at radius 1 is 1.45 bits per heavy atom. The molecule has 5 nitrogen and oxygen atoms in total. The molecule has 0 spiro atoms. The summed E-state index contributed by atoms with van der Waals surface area (Å²) in [6.45, 7) is 6.87. The van der Waals surface area contributed by atoms with Crippen molar-refractivity contribution in [3.05, 3.63) is 0 Å². The van der Waals surface area contributed by atoms with Gasteiger partial charge in [-0.3, -0.25) is 0 Å². The van der Waals surface area contributed by atoms with Crippen LogP contribution in [0.1, 0.15) is 40.0 Å². The number of anilines is 2. The highest BCUT2D eigenvalue weighted by molar-refractivity contribution is 7.91. The molecule has 1 fully saturated rings. The standard InChI is InChI=1S/C13H23N3O2S2/c1-4-20(17,18)11-12(14)15-19-13(11)16(10-5-6-10)8-7-9(2)3/h9-10H,4-8H2,1-3H3,(H2,14,15). The summed E-state index contributed by atoms with van der Waals surface area (Å²) in [5.41, 5.74) is 5.81. The summed E-state index contributed by atoms with van der Waals surface area (Å²) in [6.07, 6.45) is 3.29. The second-order valence-corrected chi connectivity index (χ2v) is 8.68. The van der Waals surface area contributed by atoms with E-state index in [1.54, 1.807) is 6.92 Å². The fourth-order valence-electron chi connectivity index (χ4n) is 2.14. The maximum absolute atomic E-state index is 12.2. The highest BCUT2D eigenvalue weighted by atomic mass is 32.2. The lowest BCUT2D eigenvalue weighted by atomic mass is 10.1. The van der Waals surface area contributed by atoms with E-state index in [2.05, 4.69) is 23.1 Å². The Morgan fingerprint density at radius 3 is 2.60 bits per heavy atom. The first kappa shape index (κ1) is 15.6. The first-order valence-corrected chi connectivity index (χ1v) is 9.54. The van der Waals surface area contributed by atoms with Gasteiger partial charge in [-0.15, -0.1) is 0 Å². The number of hydrogen-bond acceptors (Lipinski definition) is 6. The molecule has 2 rings (SSSR count). The summed E-state index contributed by atoms with van der Waals surface area (Å²) < 4.78 is 28.6. The average Bonchev–Trinajstić information content (AvgIpc) is 3.13. The lowest BCUT2D eigenvalue weighted by Crippen LogP contribution is -2.28. The van der Waals surface area contributed by atoms with Gasteiger partial charge in [0.1, 0.15) is 9.90 Å². The molecule has 0 amide bonds. The molecule has 0 unspecified atom stereocenters. The maximum atomic E-state index is 12.2. The Hall–Kier alpha value is -0.820. The molecule has 1 saturated carbocycles. The SMILES string of the molecule is CCS(=O)(=O)c1c(N)nsc1N(CCC(C)C)C1CC1. The zero-order valence-corrected chi connectivity index (χ0v) is 13.9. The molecule has 2 N–H and O–H groups in total. The Morgan fingerprint density at radius 2 is 2.10 bits per heavy atom. The van der Waals surface area contributed by atoms with Crippen LogP contribution in [-0.2, 0) is 9.84 Å². The van der Waals surface area contributed by atoms with E-state index in [1.807, 2.05) is 0 Å². The van der Waals surface area contributed by atoms with E-state index in [9.17, 15) is 8.42 Å². The Kier molecular flexibility index (Phi) is 4.59. The molecule has 1 aliphatic rings. The third kappa shape index (κ3) is 3.25. The summed E-state index contributed by atoms with van der Waals surface area (Å²) >= 11 is 1.22. The van der Waals surface area contributed by atoms with Gasteiger partial charge < -0.3 is 10.6 Å². The van der Waals surface area contributed by atoms with Gasteiger partial charge >= 0.3 is 0 Å². The number of sulfone groups is 1. The molecule has 1 aliphatic carbocycles. The minimum atomic E-state index is -3.32. The monoisotopic (exact) mass is 317 g/mol. The predicted molar refractivity (Wildman–Crippen MR) is 84.1 cm³/mol. The maximum Gasteiger partial charge on any atom is 0.184 e. The van der Waals surface area contributed by atoms with Gasteiger partial charge in [0.15, 0.2) is 15.7 Å². The van der Waals surface area contributed by atoms with Crippen molar-refractivity contribution in [2.45, 2.75) is 51.0 Å². The largest absolute Gasteiger partial charge is 0.382 e. The van der Waals surface area contributed by atoms with Gasteiger partial charge in [-0.25, -0.2) is 8.42 Å². The first-order chi connectivity index (χ1) is 9.36. The summed E-state index contributed by atoms with van der Waals surface area (Å²) in [5, 5.41) is 0.743. The smallest absolute Gasteiger partial charge is 0.184 e. The molecule has 20 heavy (non-hydrogen) atoms. The second kappa shape index (κ2) is 5.89. The van der Waals surface area contributed by atoms with Crippen LogP contribution in [0.3, 0.4) is 0 Å². The quantitative estimate of drug-likeness (QED) is 0.836. The van der Waals surface area contributed by atoms with E-state index in [1.165, 1.54) is 11.5 Å². The Labute approximate surface area is 125 Å². The highest BCUT2D eigenvalue weighted by Crippen LogP contribution is 2.41. The summed E-state index contributed by atoms with van der Waals surface area (Å²) in [4.78, 5) is 2.46. The fraction of sp³-hybridized carbons (Fsp3) is 0.769. The third-order valence-corrected chi connectivity index (χ3v) is 6.36. The van der Waals surface area contributed by atoms with Gasteiger partial charge in [-0.1, -0.05) is 20.8 Å². The van der Waals surface area contributed by atoms with Crippen molar-refractivity contribution in [3.8, 4) is 0 Å². The van der Waals surface area contributed by atoms with E-state index >= 15 is 0 Å². The summed E-state index contributed by atoms with van der Waals surface area (Å²) in [5.74, 6) is 0.806. The zero-order chi connectivity index (χ0) is 14.9. The minimum Gasteiger partial charge on any atom is -0.382 e. The van der Waals surface area contributed by atoms with Crippen LogP contribution in [0.25, 0.3) is 0 Å². The molecular weight excluding hydrogens is 294 g/mol. The summed E-state index contributed by atoms with van der Waals surface area (Å²) in [6, 6.07) is 0.458. The van der Waals surface area contributed by atoms with Gasteiger partial charge in [-0.2, -0.15) is 4.37 Å². The molecule has 0 bridgehead atoms. The molecule has 1 aromatic rings. The van der Waals surface area contributed by atoms with Crippen LogP contribution >= 0.6 is 11.5 Å².